The average molecular weight is 407 g/mol. The molecule has 8 heteroatoms. The Morgan fingerprint density at radius 1 is 1.03 bits per heavy atom. The summed E-state index contributed by atoms with van der Waals surface area (Å²) in [5.74, 6) is 0.336. The van der Waals surface area contributed by atoms with E-state index in [0.29, 0.717) is 45.1 Å². The van der Waals surface area contributed by atoms with Gasteiger partial charge in [-0.05, 0) is 37.3 Å². The van der Waals surface area contributed by atoms with Gasteiger partial charge >= 0.3 is 0 Å². The van der Waals surface area contributed by atoms with Crippen LogP contribution in [-0.2, 0) is 0 Å². The fourth-order valence-electron chi connectivity index (χ4n) is 3.12. The number of aryl methyl sites for hydroxylation is 1. The van der Waals surface area contributed by atoms with E-state index in [1.807, 2.05) is 0 Å². The Hall–Kier alpha value is -3.94. The van der Waals surface area contributed by atoms with Gasteiger partial charge in [-0.25, -0.2) is 9.37 Å². The van der Waals surface area contributed by atoms with Gasteiger partial charge in [-0.15, -0.1) is 0 Å². The van der Waals surface area contributed by atoms with Crippen molar-refractivity contribution in [2.24, 2.45) is 0 Å². The number of rotatable bonds is 5. The van der Waals surface area contributed by atoms with Gasteiger partial charge in [-0.3, -0.25) is 4.79 Å². The van der Waals surface area contributed by atoms with Gasteiger partial charge in [-0.1, -0.05) is 5.16 Å². The number of hydrogen-bond donors (Lipinski definition) is 1. The second-order valence-corrected chi connectivity index (χ2v) is 6.57. The lowest BCUT2D eigenvalue weighted by atomic mass is 10.0. The van der Waals surface area contributed by atoms with Gasteiger partial charge in [0, 0.05) is 29.4 Å². The highest BCUT2D eigenvalue weighted by molar-refractivity contribution is 6.13. The van der Waals surface area contributed by atoms with Crippen molar-refractivity contribution >= 4 is 22.7 Å². The molecular formula is C22H18FN3O4. The Labute approximate surface area is 171 Å². The van der Waals surface area contributed by atoms with Crippen molar-refractivity contribution < 1.29 is 23.2 Å². The largest absolute Gasteiger partial charge is 0.497 e. The summed E-state index contributed by atoms with van der Waals surface area (Å²) in [6.07, 6.45) is 0. The molecule has 0 spiro atoms. The molecule has 1 N–H and O–H groups in total. The van der Waals surface area contributed by atoms with E-state index in [1.54, 1.807) is 43.3 Å². The fraction of sp³-hybridized carbons (Fsp3) is 0.136. The summed E-state index contributed by atoms with van der Waals surface area (Å²) in [6.45, 7) is 1.73. The molecule has 0 saturated heterocycles. The second-order valence-electron chi connectivity index (χ2n) is 6.57. The van der Waals surface area contributed by atoms with Crippen LogP contribution in [0.5, 0.6) is 11.5 Å². The van der Waals surface area contributed by atoms with Gasteiger partial charge in [0.15, 0.2) is 0 Å². The first-order valence-corrected chi connectivity index (χ1v) is 9.06. The van der Waals surface area contributed by atoms with E-state index in [1.165, 1.54) is 26.4 Å². The van der Waals surface area contributed by atoms with Crippen LogP contribution in [0.25, 0.3) is 22.4 Å². The summed E-state index contributed by atoms with van der Waals surface area (Å²) >= 11 is 0. The molecular weight excluding hydrogens is 389 g/mol. The topological polar surface area (TPSA) is 86.5 Å². The molecule has 0 unspecified atom stereocenters. The minimum Gasteiger partial charge on any atom is -0.497 e. The van der Waals surface area contributed by atoms with Crippen molar-refractivity contribution in [3.05, 3.63) is 65.6 Å². The minimum absolute atomic E-state index is 0.225. The highest BCUT2D eigenvalue weighted by Crippen LogP contribution is 2.30. The van der Waals surface area contributed by atoms with Crippen molar-refractivity contribution in [1.82, 2.24) is 10.1 Å². The van der Waals surface area contributed by atoms with E-state index in [9.17, 15) is 9.18 Å². The van der Waals surface area contributed by atoms with Crippen molar-refractivity contribution in [3.63, 3.8) is 0 Å². The molecule has 0 aliphatic heterocycles. The van der Waals surface area contributed by atoms with Crippen LogP contribution in [-0.4, -0.2) is 30.3 Å². The predicted octanol–water partition coefficient (Wildman–Crippen LogP) is 4.61. The molecule has 0 atom stereocenters. The molecule has 4 rings (SSSR count). The molecule has 2 aromatic carbocycles. The number of nitrogens with one attached hydrogen (secondary N) is 1. The molecule has 2 heterocycles. The van der Waals surface area contributed by atoms with Crippen molar-refractivity contribution in [2.75, 3.05) is 19.5 Å². The number of aromatic nitrogens is 2. The SMILES string of the molecule is COc1cc(NC(=O)c2cc(-c3ccc(F)cc3)nc3onc(C)c23)cc(OC)c1. The van der Waals surface area contributed by atoms with Crippen LogP contribution in [0.1, 0.15) is 16.1 Å². The molecule has 0 radical (unpaired) electrons. The molecule has 0 fully saturated rings. The molecule has 0 bridgehead atoms. The van der Waals surface area contributed by atoms with Crippen molar-refractivity contribution in [3.8, 4) is 22.8 Å². The number of nitrogens with zero attached hydrogens (tertiary/aromatic N) is 2. The van der Waals surface area contributed by atoms with Crippen LogP contribution >= 0.6 is 0 Å². The number of carbonyl (C=O) groups is 1. The Morgan fingerprint density at radius 3 is 2.33 bits per heavy atom. The number of amides is 1. The zero-order chi connectivity index (χ0) is 21.3. The van der Waals surface area contributed by atoms with Crippen LogP contribution in [0.15, 0.2) is 53.1 Å². The summed E-state index contributed by atoms with van der Waals surface area (Å²) in [6, 6.07) is 12.5. The zero-order valence-corrected chi connectivity index (χ0v) is 16.5. The lowest BCUT2D eigenvalue weighted by Gasteiger charge is -2.11. The number of ether oxygens (including phenoxy) is 2. The zero-order valence-electron chi connectivity index (χ0n) is 16.5. The summed E-state index contributed by atoms with van der Waals surface area (Å²) in [5, 5.41) is 7.29. The molecule has 4 aromatic rings. The van der Waals surface area contributed by atoms with Gasteiger partial charge in [0.25, 0.3) is 11.6 Å². The van der Waals surface area contributed by atoms with E-state index in [4.69, 9.17) is 14.0 Å². The highest BCUT2D eigenvalue weighted by atomic mass is 19.1. The molecule has 0 aliphatic rings. The molecule has 7 nitrogen and oxygen atoms in total. The number of anilines is 1. The number of hydrogen-bond acceptors (Lipinski definition) is 6. The maximum atomic E-state index is 13.3. The third-order valence-electron chi connectivity index (χ3n) is 4.61. The Morgan fingerprint density at radius 2 is 1.70 bits per heavy atom. The normalized spacial score (nSPS) is 10.8. The number of carbonyl (C=O) groups excluding carboxylic acids is 1. The van der Waals surface area contributed by atoms with E-state index in [2.05, 4.69) is 15.5 Å². The predicted molar refractivity (Wildman–Crippen MR) is 109 cm³/mol. The minimum atomic E-state index is -0.382. The first-order chi connectivity index (χ1) is 14.5. The highest BCUT2D eigenvalue weighted by Gasteiger charge is 2.20. The van der Waals surface area contributed by atoms with Crippen LogP contribution < -0.4 is 14.8 Å². The number of benzene rings is 2. The first kappa shape index (κ1) is 19.4. The molecule has 1 amide bonds. The number of methoxy groups -OCH3 is 2. The second kappa shape index (κ2) is 7.82. The third-order valence-corrected chi connectivity index (χ3v) is 4.61. The molecule has 2 aromatic heterocycles. The van der Waals surface area contributed by atoms with Crippen LogP contribution in [0.3, 0.4) is 0 Å². The standard InChI is InChI=1S/C22H18FN3O4/c1-12-20-18(21(27)24-15-8-16(28-2)10-17(9-15)29-3)11-19(25-22(20)30-26-12)13-4-6-14(23)7-5-13/h4-11H,1-3H3,(H,24,27). The maximum Gasteiger partial charge on any atom is 0.259 e. The quantitative estimate of drug-likeness (QED) is 0.520. The maximum absolute atomic E-state index is 13.3. The smallest absolute Gasteiger partial charge is 0.259 e. The average Bonchev–Trinajstić information content (AvgIpc) is 3.14. The first-order valence-electron chi connectivity index (χ1n) is 9.06. The van der Waals surface area contributed by atoms with Crippen LogP contribution in [0.4, 0.5) is 10.1 Å². The summed E-state index contributed by atoms with van der Waals surface area (Å²) in [5.41, 5.74) is 2.70. The summed E-state index contributed by atoms with van der Waals surface area (Å²) in [7, 11) is 3.06. The van der Waals surface area contributed by atoms with Crippen molar-refractivity contribution in [1.29, 1.82) is 0 Å². The monoisotopic (exact) mass is 407 g/mol. The molecule has 30 heavy (non-hydrogen) atoms. The number of halogens is 1. The molecule has 0 saturated carbocycles. The van der Waals surface area contributed by atoms with Gasteiger partial charge in [-0.2, -0.15) is 0 Å². The van der Waals surface area contributed by atoms with E-state index >= 15 is 0 Å². The van der Waals surface area contributed by atoms with Gasteiger partial charge in [0.2, 0.25) is 0 Å². The summed E-state index contributed by atoms with van der Waals surface area (Å²) in [4.78, 5) is 17.6. The van der Waals surface area contributed by atoms with Crippen LogP contribution in [0.2, 0.25) is 0 Å². The Balaban J connectivity index is 1.78. The molecule has 152 valence electrons. The summed E-state index contributed by atoms with van der Waals surface area (Å²) < 4.78 is 29.1. The van der Waals surface area contributed by atoms with Crippen molar-refractivity contribution in [2.45, 2.75) is 6.92 Å². The van der Waals surface area contributed by atoms with E-state index in [0.717, 1.165) is 0 Å². The third kappa shape index (κ3) is 3.67. The van der Waals surface area contributed by atoms with Gasteiger partial charge in [0.1, 0.15) is 17.3 Å². The number of fused-ring (bicyclic) bond motifs is 1. The fourth-order valence-corrected chi connectivity index (χ4v) is 3.12. The van der Waals surface area contributed by atoms with Crippen LogP contribution in [0, 0.1) is 12.7 Å². The van der Waals surface area contributed by atoms with E-state index in [-0.39, 0.29) is 17.4 Å². The Kier molecular flexibility index (Phi) is 5.05. The molecule has 0 aliphatic carbocycles. The van der Waals surface area contributed by atoms with Gasteiger partial charge in [0.05, 0.1) is 36.6 Å². The lowest BCUT2D eigenvalue weighted by molar-refractivity contribution is 0.102. The van der Waals surface area contributed by atoms with E-state index < -0.39 is 0 Å². The lowest BCUT2D eigenvalue weighted by Crippen LogP contribution is -2.13. The Bertz CT molecular complexity index is 1210. The van der Waals surface area contributed by atoms with Gasteiger partial charge < -0.3 is 19.3 Å². The number of pyridine rings is 1.